The van der Waals surface area contributed by atoms with Crippen molar-refractivity contribution in [3.05, 3.63) is 65.2 Å². The molecule has 0 radical (unpaired) electrons. The molecule has 2 fully saturated rings. The summed E-state index contributed by atoms with van der Waals surface area (Å²) in [6.45, 7) is 6.65. The van der Waals surface area contributed by atoms with E-state index in [0.717, 1.165) is 30.4 Å². The predicted molar refractivity (Wildman–Crippen MR) is 150 cm³/mol. The van der Waals surface area contributed by atoms with Crippen LogP contribution in [0, 0.1) is 0 Å². The van der Waals surface area contributed by atoms with E-state index in [4.69, 9.17) is 9.47 Å². The summed E-state index contributed by atoms with van der Waals surface area (Å²) in [5.41, 5.74) is 0.890. The van der Waals surface area contributed by atoms with Crippen LogP contribution in [0.4, 0.5) is 0 Å². The van der Waals surface area contributed by atoms with Gasteiger partial charge >= 0.3 is 0 Å². The van der Waals surface area contributed by atoms with Gasteiger partial charge in [0.15, 0.2) is 0 Å². The summed E-state index contributed by atoms with van der Waals surface area (Å²) in [7, 11) is -0.803. The highest BCUT2D eigenvalue weighted by molar-refractivity contribution is 7.89. The molecular weight excluding hydrogens is 534 g/mol. The first-order valence-electron chi connectivity index (χ1n) is 13.5. The largest absolute Gasteiger partial charge is 0.507 e. The molecule has 0 saturated carbocycles. The lowest BCUT2D eigenvalue weighted by Gasteiger charge is -2.29. The molecule has 0 aromatic heterocycles. The van der Waals surface area contributed by atoms with Gasteiger partial charge in [-0.25, -0.2) is 12.7 Å². The lowest BCUT2D eigenvalue weighted by atomic mass is 9.95. The van der Waals surface area contributed by atoms with Gasteiger partial charge in [0.1, 0.15) is 11.5 Å². The van der Waals surface area contributed by atoms with Crippen LogP contribution in [-0.2, 0) is 24.3 Å². The van der Waals surface area contributed by atoms with Gasteiger partial charge in [-0.15, -0.1) is 0 Å². The summed E-state index contributed by atoms with van der Waals surface area (Å²) in [6.07, 6.45) is 1.51. The molecule has 2 aromatic rings. The maximum Gasteiger partial charge on any atom is 0.295 e. The Bertz CT molecular complexity index is 1330. The second kappa shape index (κ2) is 12.9. The van der Waals surface area contributed by atoms with Gasteiger partial charge in [0.25, 0.3) is 11.7 Å². The summed E-state index contributed by atoms with van der Waals surface area (Å²) in [5.74, 6) is -1.12. The third-order valence-corrected chi connectivity index (χ3v) is 8.92. The standard InChI is InChI=1S/C29H37N3O7S/c1-4-18-39-23-10-6-21(7-11-23)26-25(27(33)22-8-12-24(13-9-22)40(36,37)30(2)3)28(34)29(35)32(26)15-5-14-31-16-19-38-20-17-31/h6-13,26,33H,4-5,14-20H2,1-3H3/b27-25+. The topological polar surface area (TPSA) is 117 Å². The Morgan fingerprint density at radius 3 is 2.27 bits per heavy atom. The van der Waals surface area contributed by atoms with Crippen LogP contribution >= 0.6 is 0 Å². The van der Waals surface area contributed by atoms with Crippen molar-refractivity contribution >= 4 is 27.5 Å². The first-order chi connectivity index (χ1) is 19.1. The Morgan fingerprint density at radius 2 is 1.68 bits per heavy atom. The number of amides is 1. The Hall–Kier alpha value is -3.25. The van der Waals surface area contributed by atoms with E-state index in [1.807, 2.05) is 6.92 Å². The molecule has 1 atom stereocenters. The van der Waals surface area contributed by atoms with Crippen molar-refractivity contribution < 1.29 is 32.6 Å². The van der Waals surface area contributed by atoms with Gasteiger partial charge in [0.05, 0.1) is 36.3 Å². The molecule has 0 bridgehead atoms. The monoisotopic (exact) mass is 571 g/mol. The smallest absolute Gasteiger partial charge is 0.295 e. The minimum absolute atomic E-state index is 0.0261. The van der Waals surface area contributed by atoms with Crippen LogP contribution in [-0.4, -0.2) is 99.4 Å². The number of aliphatic hydroxyl groups excluding tert-OH is 1. The zero-order chi connectivity index (χ0) is 28.9. The van der Waals surface area contributed by atoms with Gasteiger partial charge < -0.3 is 19.5 Å². The average Bonchev–Trinajstić information content (AvgIpc) is 3.21. The van der Waals surface area contributed by atoms with Crippen molar-refractivity contribution in [1.29, 1.82) is 0 Å². The van der Waals surface area contributed by atoms with Crippen molar-refractivity contribution in [2.45, 2.75) is 30.7 Å². The third-order valence-electron chi connectivity index (χ3n) is 7.09. The first kappa shape index (κ1) is 29.7. The average molecular weight is 572 g/mol. The highest BCUT2D eigenvalue weighted by Gasteiger charge is 2.45. The van der Waals surface area contributed by atoms with Crippen LogP contribution < -0.4 is 4.74 Å². The number of benzene rings is 2. The van der Waals surface area contributed by atoms with Gasteiger partial charge in [-0.05, 0) is 54.8 Å². The first-order valence-corrected chi connectivity index (χ1v) is 14.9. The van der Waals surface area contributed by atoms with Gasteiger partial charge in [-0.1, -0.05) is 19.1 Å². The number of carbonyl (C=O) groups excluding carboxylic acids is 2. The lowest BCUT2D eigenvalue weighted by molar-refractivity contribution is -0.140. The predicted octanol–water partition coefficient (Wildman–Crippen LogP) is 2.87. The summed E-state index contributed by atoms with van der Waals surface area (Å²) in [6, 6.07) is 12.0. The Morgan fingerprint density at radius 1 is 1.02 bits per heavy atom. The number of morpholine rings is 1. The van der Waals surface area contributed by atoms with Crippen molar-refractivity contribution in [2.24, 2.45) is 0 Å². The zero-order valence-corrected chi connectivity index (χ0v) is 24.0. The van der Waals surface area contributed by atoms with Crippen LogP contribution in [0.5, 0.6) is 5.75 Å². The fraction of sp³-hybridized carbons (Fsp3) is 0.448. The summed E-state index contributed by atoms with van der Waals surface area (Å²) < 4.78 is 37.2. The number of hydrogen-bond donors (Lipinski definition) is 1. The number of Topliss-reactive ketones (excluding diaryl/α,β-unsaturated/α-hetero) is 1. The number of carbonyl (C=O) groups is 2. The third kappa shape index (κ3) is 6.38. The van der Waals surface area contributed by atoms with Crippen LogP contribution in [0.3, 0.4) is 0 Å². The number of aliphatic hydroxyl groups is 1. The molecule has 0 aliphatic carbocycles. The van der Waals surface area contributed by atoms with E-state index in [0.29, 0.717) is 44.1 Å². The molecule has 2 aromatic carbocycles. The molecule has 40 heavy (non-hydrogen) atoms. The summed E-state index contributed by atoms with van der Waals surface area (Å²) in [5, 5.41) is 11.3. The molecule has 11 heteroatoms. The second-order valence-corrected chi connectivity index (χ2v) is 12.2. The molecule has 2 saturated heterocycles. The van der Waals surface area contributed by atoms with E-state index in [-0.39, 0.29) is 21.8 Å². The van der Waals surface area contributed by atoms with E-state index in [1.54, 1.807) is 24.3 Å². The normalized spacial score (nSPS) is 19.9. The number of nitrogens with zero attached hydrogens (tertiary/aromatic N) is 3. The van der Waals surface area contributed by atoms with Gasteiger partial charge in [0, 0.05) is 45.8 Å². The fourth-order valence-corrected chi connectivity index (χ4v) is 5.77. The van der Waals surface area contributed by atoms with Crippen molar-refractivity contribution in [2.75, 3.05) is 60.1 Å². The van der Waals surface area contributed by atoms with Crippen LogP contribution in [0.1, 0.15) is 36.9 Å². The number of rotatable bonds is 11. The van der Waals surface area contributed by atoms with E-state index in [1.165, 1.54) is 43.3 Å². The van der Waals surface area contributed by atoms with Gasteiger partial charge in [-0.3, -0.25) is 14.5 Å². The number of ether oxygens (including phenoxy) is 2. The molecule has 1 unspecified atom stereocenters. The van der Waals surface area contributed by atoms with Crippen LogP contribution in [0.25, 0.3) is 5.76 Å². The second-order valence-electron chi connectivity index (χ2n) is 10.0. The molecule has 216 valence electrons. The lowest BCUT2D eigenvalue weighted by Crippen LogP contribution is -2.38. The summed E-state index contributed by atoms with van der Waals surface area (Å²) in [4.78, 5) is 30.4. The quantitative estimate of drug-likeness (QED) is 0.249. The maximum absolute atomic E-state index is 13.3. The minimum Gasteiger partial charge on any atom is -0.507 e. The van der Waals surface area contributed by atoms with Crippen molar-refractivity contribution in [1.82, 2.24) is 14.1 Å². The molecule has 2 aliphatic heterocycles. The number of likely N-dealkylation sites (tertiary alicyclic amines) is 1. The van der Waals surface area contributed by atoms with Crippen LogP contribution in [0.15, 0.2) is 59.0 Å². The van der Waals surface area contributed by atoms with Crippen molar-refractivity contribution in [3.8, 4) is 5.75 Å². The Kier molecular flexibility index (Phi) is 9.62. The van der Waals surface area contributed by atoms with Crippen LogP contribution in [0.2, 0.25) is 0 Å². The highest BCUT2D eigenvalue weighted by atomic mass is 32.2. The maximum atomic E-state index is 13.3. The summed E-state index contributed by atoms with van der Waals surface area (Å²) >= 11 is 0. The molecule has 10 nitrogen and oxygen atoms in total. The Labute approximate surface area is 235 Å². The molecule has 2 heterocycles. The molecule has 0 spiro atoms. The van der Waals surface area contributed by atoms with Gasteiger partial charge in [0.2, 0.25) is 10.0 Å². The number of hydrogen-bond acceptors (Lipinski definition) is 8. The minimum atomic E-state index is -3.67. The molecular formula is C29H37N3O7S. The van der Waals surface area contributed by atoms with E-state index in [9.17, 15) is 23.1 Å². The Balaban J connectivity index is 1.68. The molecule has 1 N–H and O–H groups in total. The van der Waals surface area contributed by atoms with E-state index >= 15 is 0 Å². The number of ketones is 1. The molecule has 2 aliphatic rings. The zero-order valence-electron chi connectivity index (χ0n) is 23.2. The van der Waals surface area contributed by atoms with E-state index in [2.05, 4.69) is 4.90 Å². The molecule has 1 amide bonds. The fourth-order valence-electron chi connectivity index (χ4n) is 4.86. The SMILES string of the molecule is CCCOc1ccc(C2/C(=C(\O)c3ccc(S(=O)(=O)N(C)C)cc3)C(=O)C(=O)N2CCCN2CCOCC2)cc1. The highest BCUT2D eigenvalue weighted by Crippen LogP contribution is 2.40. The van der Waals surface area contributed by atoms with E-state index < -0.39 is 27.8 Å². The van der Waals surface area contributed by atoms with Gasteiger partial charge in [-0.2, -0.15) is 0 Å². The molecule has 4 rings (SSSR count). The number of sulfonamides is 1. The van der Waals surface area contributed by atoms with Crippen molar-refractivity contribution in [3.63, 3.8) is 0 Å².